The van der Waals surface area contributed by atoms with Crippen LogP contribution in [-0.4, -0.2) is 33.9 Å². The molecule has 0 radical (unpaired) electrons. The van der Waals surface area contributed by atoms with Gasteiger partial charge < -0.3 is 4.74 Å². The highest BCUT2D eigenvalue weighted by molar-refractivity contribution is 7.85. The van der Waals surface area contributed by atoms with Crippen molar-refractivity contribution in [3.63, 3.8) is 0 Å². The molecular weight excluding hydrogens is 172 g/mol. The van der Waals surface area contributed by atoms with Gasteiger partial charge in [0.05, 0.1) is 6.26 Å². The van der Waals surface area contributed by atoms with E-state index in [9.17, 15) is 13.2 Å². The maximum atomic E-state index is 10.3. The van der Waals surface area contributed by atoms with E-state index in [2.05, 4.69) is 8.92 Å². The van der Waals surface area contributed by atoms with Gasteiger partial charge in [-0.25, -0.2) is 0 Å². The summed E-state index contributed by atoms with van der Waals surface area (Å²) in [6.07, 6.45) is 0.931. The van der Waals surface area contributed by atoms with Gasteiger partial charge >= 0.3 is 5.97 Å². The highest BCUT2D eigenvalue weighted by Crippen LogP contribution is 1.86. The molecule has 0 aliphatic rings. The molecular formula is C5H10O5S. The Morgan fingerprint density at radius 2 is 1.91 bits per heavy atom. The van der Waals surface area contributed by atoms with Crippen molar-refractivity contribution in [1.82, 2.24) is 0 Å². The monoisotopic (exact) mass is 182 g/mol. The Hall–Kier alpha value is -0.620. The molecule has 0 spiro atoms. The lowest BCUT2D eigenvalue weighted by atomic mass is 10.7. The van der Waals surface area contributed by atoms with Gasteiger partial charge in [0.25, 0.3) is 10.1 Å². The molecule has 0 unspecified atom stereocenters. The van der Waals surface area contributed by atoms with Gasteiger partial charge in [0, 0.05) is 6.92 Å². The van der Waals surface area contributed by atoms with Crippen LogP contribution in [0.5, 0.6) is 0 Å². The Balaban J connectivity index is 3.37. The third-order valence-electron chi connectivity index (χ3n) is 0.686. The van der Waals surface area contributed by atoms with Gasteiger partial charge in [-0.3, -0.25) is 8.98 Å². The Morgan fingerprint density at radius 1 is 1.36 bits per heavy atom. The second-order valence-corrected chi connectivity index (χ2v) is 3.51. The Kier molecular flexibility index (Phi) is 4.06. The van der Waals surface area contributed by atoms with Crippen LogP contribution in [0.25, 0.3) is 0 Å². The van der Waals surface area contributed by atoms with Gasteiger partial charge in [-0.05, 0) is 0 Å². The van der Waals surface area contributed by atoms with Crippen LogP contribution in [0.2, 0.25) is 0 Å². The van der Waals surface area contributed by atoms with E-state index in [1.165, 1.54) is 6.92 Å². The number of hydrogen-bond donors (Lipinski definition) is 0. The SMILES string of the molecule is CC(=O)OCCOS(C)(=O)=O. The van der Waals surface area contributed by atoms with E-state index in [1.54, 1.807) is 0 Å². The molecule has 0 aromatic carbocycles. The number of carbonyl (C=O) groups is 1. The van der Waals surface area contributed by atoms with Gasteiger partial charge in [-0.2, -0.15) is 8.42 Å². The molecule has 0 aromatic heterocycles. The minimum absolute atomic E-state index is 0.0393. The summed E-state index contributed by atoms with van der Waals surface area (Å²) in [6.45, 7) is 1.07. The van der Waals surface area contributed by atoms with Gasteiger partial charge in [0.1, 0.15) is 13.2 Å². The average Bonchev–Trinajstić information content (AvgIpc) is 1.78. The molecule has 6 heteroatoms. The highest BCUT2D eigenvalue weighted by atomic mass is 32.2. The summed E-state index contributed by atoms with van der Waals surface area (Å²) in [5.41, 5.74) is 0. The summed E-state index contributed by atoms with van der Waals surface area (Å²) in [6, 6.07) is 0. The van der Waals surface area contributed by atoms with Crippen molar-refractivity contribution in [1.29, 1.82) is 0 Å². The molecule has 0 heterocycles. The summed E-state index contributed by atoms with van der Waals surface area (Å²) in [5.74, 6) is -0.456. The van der Waals surface area contributed by atoms with Gasteiger partial charge in [0.15, 0.2) is 0 Å². The molecule has 0 bridgehead atoms. The average molecular weight is 182 g/mol. The summed E-state index contributed by atoms with van der Waals surface area (Å²) in [5, 5.41) is 0. The second kappa shape index (κ2) is 4.30. The molecule has 0 atom stereocenters. The fraction of sp³-hybridized carbons (Fsp3) is 0.800. The Bertz CT molecular complexity index is 217. The first-order chi connectivity index (χ1) is 4.92. The predicted octanol–water partition coefficient (Wildman–Crippen LogP) is -0.474. The zero-order valence-electron chi connectivity index (χ0n) is 6.36. The highest BCUT2D eigenvalue weighted by Gasteiger charge is 2.00. The standard InChI is InChI=1S/C5H10O5S/c1-5(6)9-3-4-10-11(2,7)8/h3-4H2,1-2H3. The van der Waals surface area contributed by atoms with E-state index in [0.29, 0.717) is 0 Å². The van der Waals surface area contributed by atoms with Crippen molar-refractivity contribution in [3.05, 3.63) is 0 Å². The minimum atomic E-state index is -3.41. The molecule has 0 rings (SSSR count). The lowest BCUT2D eigenvalue weighted by Crippen LogP contribution is -2.11. The van der Waals surface area contributed by atoms with E-state index < -0.39 is 16.1 Å². The molecule has 0 N–H and O–H groups in total. The fourth-order valence-electron chi connectivity index (χ4n) is 0.371. The molecule has 5 nitrogen and oxygen atoms in total. The maximum absolute atomic E-state index is 10.3. The zero-order valence-corrected chi connectivity index (χ0v) is 7.18. The van der Waals surface area contributed by atoms with Crippen LogP contribution in [-0.2, 0) is 23.8 Å². The van der Waals surface area contributed by atoms with Crippen molar-refractivity contribution in [2.75, 3.05) is 19.5 Å². The van der Waals surface area contributed by atoms with Gasteiger partial charge in [-0.1, -0.05) is 0 Å². The van der Waals surface area contributed by atoms with Crippen molar-refractivity contribution < 1.29 is 22.1 Å². The Labute approximate surface area is 65.4 Å². The first-order valence-corrected chi connectivity index (χ1v) is 4.71. The number of hydrogen-bond acceptors (Lipinski definition) is 5. The van der Waals surface area contributed by atoms with Crippen LogP contribution < -0.4 is 0 Å². The molecule has 0 saturated carbocycles. The van der Waals surface area contributed by atoms with Crippen molar-refractivity contribution >= 4 is 16.1 Å². The van der Waals surface area contributed by atoms with Crippen LogP contribution >= 0.6 is 0 Å². The number of ether oxygens (including phenoxy) is 1. The van der Waals surface area contributed by atoms with Crippen LogP contribution in [0, 0.1) is 0 Å². The van der Waals surface area contributed by atoms with E-state index in [1.807, 2.05) is 0 Å². The van der Waals surface area contributed by atoms with E-state index in [-0.39, 0.29) is 13.2 Å². The van der Waals surface area contributed by atoms with E-state index in [4.69, 9.17) is 0 Å². The second-order valence-electron chi connectivity index (χ2n) is 1.87. The third kappa shape index (κ3) is 9.38. The largest absolute Gasteiger partial charge is 0.463 e. The topological polar surface area (TPSA) is 69.7 Å². The minimum Gasteiger partial charge on any atom is -0.463 e. The fourth-order valence-corrected chi connectivity index (χ4v) is 0.742. The van der Waals surface area contributed by atoms with Crippen LogP contribution in [0.4, 0.5) is 0 Å². The van der Waals surface area contributed by atoms with Crippen molar-refractivity contribution in [2.45, 2.75) is 6.92 Å². The van der Waals surface area contributed by atoms with E-state index in [0.717, 1.165) is 6.26 Å². The van der Waals surface area contributed by atoms with E-state index >= 15 is 0 Å². The molecule has 0 aromatic rings. The molecule has 0 aliphatic carbocycles. The smallest absolute Gasteiger partial charge is 0.302 e. The Morgan fingerprint density at radius 3 is 2.27 bits per heavy atom. The predicted molar refractivity (Wildman–Crippen MR) is 37.4 cm³/mol. The quantitative estimate of drug-likeness (QED) is 0.334. The van der Waals surface area contributed by atoms with Crippen LogP contribution in [0.3, 0.4) is 0 Å². The molecule has 0 amide bonds. The third-order valence-corrected chi connectivity index (χ3v) is 1.28. The van der Waals surface area contributed by atoms with Crippen molar-refractivity contribution in [2.24, 2.45) is 0 Å². The number of esters is 1. The summed E-state index contributed by atoms with van der Waals surface area (Å²) < 4.78 is 29.3. The molecule has 0 aliphatic heterocycles. The van der Waals surface area contributed by atoms with Crippen molar-refractivity contribution in [3.8, 4) is 0 Å². The molecule has 0 saturated heterocycles. The van der Waals surface area contributed by atoms with Crippen LogP contribution in [0.15, 0.2) is 0 Å². The lowest BCUT2D eigenvalue weighted by Gasteiger charge is -2.00. The first kappa shape index (κ1) is 10.4. The summed E-state index contributed by atoms with van der Waals surface area (Å²) >= 11 is 0. The normalized spacial score (nSPS) is 11.1. The zero-order chi connectivity index (χ0) is 8.91. The molecule has 11 heavy (non-hydrogen) atoms. The lowest BCUT2D eigenvalue weighted by molar-refractivity contribution is -0.141. The van der Waals surface area contributed by atoms with Gasteiger partial charge in [0.2, 0.25) is 0 Å². The van der Waals surface area contributed by atoms with Crippen LogP contribution in [0.1, 0.15) is 6.92 Å². The number of carbonyl (C=O) groups excluding carboxylic acids is 1. The summed E-state index contributed by atoms with van der Waals surface area (Å²) in [4.78, 5) is 10.1. The first-order valence-electron chi connectivity index (χ1n) is 2.89. The maximum Gasteiger partial charge on any atom is 0.302 e. The number of rotatable bonds is 4. The molecule has 66 valence electrons. The molecule has 0 fully saturated rings. The summed E-state index contributed by atoms with van der Waals surface area (Å²) in [7, 11) is -3.41. The van der Waals surface area contributed by atoms with Gasteiger partial charge in [-0.15, -0.1) is 0 Å².